The highest BCUT2D eigenvalue weighted by molar-refractivity contribution is 6.32. The molecule has 0 saturated heterocycles. The number of rotatable bonds is 0. The van der Waals surface area contributed by atoms with Crippen molar-refractivity contribution in [3.8, 4) is 0 Å². The van der Waals surface area contributed by atoms with Crippen molar-refractivity contribution >= 4 is 65.9 Å². The summed E-state index contributed by atoms with van der Waals surface area (Å²) in [6.07, 6.45) is 0. The van der Waals surface area contributed by atoms with Crippen LogP contribution < -0.4 is 166 Å². The van der Waals surface area contributed by atoms with Gasteiger partial charge in [0.15, 0.2) is 0 Å². The quantitative estimate of drug-likeness (QED) is 0.100. The van der Waals surface area contributed by atoms with Gasteiger partial charge in [0.2, 0.25) is 0 Å². The van der Waals surface area contributed by atoms with Crippen molar-refractivity contribution in [2.45, 2.75) is 0 Å². The predicted octanol–water partition coefficient (Wildman–Crippen LogP) is -14.1. The summed E-state index contributed by atoms with van der Waals surface area (Å²) in [6.45, 7) is 0. The summed E-state index contributed by atoms with van der Waals surface area (Å²) in [4.78, 5) is 0. The smallest absolute Gasteiger partial charge is 0.402 e. The van der Waals surface area contributed by atoms with Crippen LogP contribution in [-0.2, 0) is 0 Å². The lowest BCUT2D eigenvalue weighted by molar-refractivity contribution is 0.276. The maximum atomic E-state index is 7.17. The Morgan fingerprint density at radius 2 is 0.0794 bits per heavy atom. The molecule has 0 rings (SSSR count). The Balaban J connectivity index is -0.00000000363. The fourth-order valence-electron chi connectivity index (χ4n) is 0. The van der Waals surface area contributed by atoms with E-state index < -0.39 is 65.9 Å². The van der Waals surface area contributed by atoms with E-state index in [2.05, 4.69) is 0 Å². The molecular formula is H108B9N27O27. The first-order valence-corrected chi connectivity index (χ1v) is 6.97. The van der Waals surface area contributed by atoms with Crippen LogP contribution in [0, 0.1) is 0 Å². The Hall–Kier alpha value is -1.58. The summed E-state index contributed by atoms with van der Waals surface area (Å²) in [5.41, 5.74) is 0. The van der Waals surface area contributed by atoms with E-state index in [0.717, 1.165) is 0 Å². The minimum absolute atomic E-state index is 0. The summed E-state index contributed by atoms with van der Waals surface area (Å²) in [7, 11) is -19.5. The van der Waals surface area contributed by atoms with Crippen molar-refractivity contribution in [3.05, 3.63) is 0 Å². The average Bonchev–Trinajstić information content (AvgIpc) is 2.39. The zero-order valence-electron chi connectivity index (χ0n) is 36.4. The van der Waals surface area contributed by atoms with Crippen molar-refractivity contribution in [1.82, 2.24) is 166 Å². The first kappa shape index (κ1) is 347. The molecule has 432 valence electrons. The SMILES string of the molecule is N.N.N.N.N.N.N.N.N.N.N.N.N.N.N.N.N.N.N.N.N.N.N.N.N.N.N.OB(O)O.OB(O)O.OB(O)O.OB(O)O.OB(O)O.OB(O)O.OB(O)O.OB(O)O.OB(O)O. The van der Waals surface area contributed by atoms with Gasteiger partial charge in [-0.05, 0) is 0 Å². The van der Waals surface area contributed by atoms with E-state index >= 15 is 0 Å². The van der Waals surface area contributed by atoms with Gasteiger partial charge < -0.3 is 302 Å². The van der Waals surface area contributed by atoms with Crippen LogP contribution in [0.5, 0.6) is 0 Å². The van der Waals surface area contributed by atoms with Crippen molar-refractivity contribution < 1.29 is 136 Å². The van der Waals surface area contributed by atoms with Crippen LogP contribution in [0.25, 0.3) is 0 Å². The second kappa shape index (κ2) is 330. The molecule has 0 radical (unpaired) electrons. The second-order valence-electron chi connectivity index (χ2n) is 3.12. The van der Waals surface area contributed by atoms with Crippen LogP contribution in [0.4, 0.5) is 0 Å². The van der Waals surface area contributed by atoms with Crippen LogP contribution in [0.2, 0.25) is 0 Å². The molecule has 108 N–H and O–H groups in total. The molecule has 0 aromatic rings. The molecule has 0 atom stereocenters. The molecule has 0 unspecified atom stereocenters. The predicted molar refractivity (Wildman–Crippen MR) is 247 cm³/mol. The van der Waals surface area contributed by atoms with Crippen molar-refractivity contribution in [2.24, 2.45) is 0 Å². The molecule has 63 heteroatoms. The highest BCUT2D eigenvalue weighted by Crippen LogP contribution is 1.43. The molecule has 0 aliphatic heterocycles. The fraction of sp³-hybridized carbons (Fsp3) is 0. The Kier molecular flexibility index (Phi) is 1820. The Labute approximate surface area is 368 Å². The maximum absolute atomic E-state index is 7.17. The van der Waals surface area contributed by atoms with E-state index in [1.165, 1.54) is 0 Å². The molecule has 0 bridgehead atoms. The van der Waals surface area contributed by atoms with E-state index in [1.54, 1.807) is 0 Å². The standard InChI is InChI=1S/9BH3O3.27H3N/c9*2-1(3)4;;;;;;;;;;;;;;;;;;;;;;;;;;;/h9*2-4H;27*1H3. The van der Waals surface area contributed by atoms with Gasteiger partial charge in [0.1, 0.15) is 0 Å². The summed E-state index contributed by atoms with van der Waals surface area (Å²) < 4.78 is 0. The Bertz CT molecular complexity index is 220. The molecule has 54 nitrogen and oxygen atoms in total. The average molecular weight is 1020 g/mol. The molecule has 0 aliphatic carbocycles. The maximum Gasteiger partial charge on any atom is 0.631 e. The van der Waals surface area contributed by atoms with Crippen molar-refractivity contribution in [2.75, 3.05) is 0 Å². The molecule has 0 aliphatic rings. The van der Waals surface area contributed by atoms with Gasteiger partial charge in [-0.1, -0.05) is 0 Å². The number of hydrogen-bond donors (Lipinski definition) is 54. The lowest BCUT2D eigenvalue weighted by Gasteiger charge is -1.69. The van der Waals surface area contributed by atoms with Gasteiger partial charge in [-0.15, -0.1) is 0 Å². The normalized spacial score (nSPS) is 3.86. The first-order valence-electron chi connectivity index (χ1n) is 6.97. The molecular weight excluding hydrogens is 907 g/mol. The van der Waals surface area contributed by atoms with Gasteiger partial charge in [0.25, 0.3) is 0 Å². The lowest BCUT2D eigenvalue weighted by atomic mass is 10.3. The molecule has 0 aromatic carbocycles. The summed E-state index contributed by atoms with van der Waals surface area (Å²) >= 11 is 0. The van der Waals surface area contributed by atoms with Gasteiger partial charge in [0, 0.05) is 0 Å². The summed E-state index contributed by atoms with van der Waals surface area (Å²) in [5.74, 6) is 0. The van der Waals surface area contributed by atoms with Crippen LogP contribution in [0.3, 0.4) is 0 Å². The lowest BCUT2D eigenvalue weighted by Crippen LogP contribution is -2.07. The van der Waals surface area contributed by atoms with Crippen molar-refractivity contribution in [3.63, 3.8) is 0 Å². The third kappa shape index (κ3) is 83100. The molecule has 0 saturated carbocycles. The van der Waals surface area contributed by atoms with E-state index in [4.69, 9.17) is 136 Å². The van der Waals surface area contributed by atoms with E-state index in [1.807, 2.05) is 0 Å². The third-order valence-corrected chi connectivity index (χ3v) is 0. The number of hydrogen-bond acceptors (Lipinski definition) is 54. The van der Waals surface area contributed by atoms with Crippen LogP contribution in [0.15, 0.2) is 0 Å². The monoisotopic (exact) mass is 1020 g/mol. The molecule has 0 spiro atoms. The van der Waals surface area contributed by atoms with E-state index in [0.29, 0.717) is 0 Å². The minimum Gasteiger partial charge on any atom is -0.402 e. The molecule has 0 amide bonds. The van der Waals surface area contributed by atoms with Crippen LogP contribution in [-0.4, -0.2) is 202 Å². The zero-order valence-corrected chi connectivity index (χ0v) is 36.4. The van der Waals surface area contributed by atoms with Gasteiger partial charge in [-0.25, -0.2) is 0 Å². The van der Waals surface area contributed by atoms with E-state index in [-0.39, 0.29) is 166 Å². The Morgan fingerprint density at radius 3 is 0.0794 bits per heavy atom. The molecule has 0 aromatic heterocycles. The highest BCUT2D eigenvalue weighted by atomic mass is 16.6. The fourth-order valence-corrected chi connectivity index (χ4v) is 0. The Morgan fingerprint density at radius 1 is 0.0794 bits per heavy atom. The first-order chi connectivity index (χ1) is 15.6. The van der Waals surface area contributed by atoms with Gasteiger partial charge >= 0.3 is 65.9 Å². The minimum atomic E-state index is -2.17. The van der Waals surface area contributed by atoms with Crippen molar-refractivity contribution in [1.29, 1.82) is 0 Å². The van der Waals surface area contributed by atoms with Gasteiger partial charge in [-0.3, -0.25) is 0 Å². The van der Waals surface area contributed by atoms with Gasteiger partial charge in [0.05, 0.1) is 0 Å². The zero-order chi connectivity index (χ0) is 32.2. The molecule has 0 heterocycles. The van der Waals surface area contributed by atoms with E-state index in [9.17, 15) is 0 Å². The molecule has 63 heavy (non-hydrogen) atoms. The second-order valence-corrected chi connectivity index (χ2v) is 3.12. The summed E-state index contributed by atoms with van der Waals surface area (Å²) in [5, 5.41) is 193. The topological polar surface area (TPSA) is 1490 Å². The van der Waals surface area contributed by atoms with Gasteiger partial charge in [-0.2, -0.15) is 0 Å². The van der Waals surface area contributed by atoms with Crippen LogP contribution >= 0.6 is 0 Å². The highest BCUT2D eigenvalue weighted by Gasteiger charge is 1.95. The molecule has 0 fully saturated rings. The largest absolute Gasteiger partial charge is 0.631 e. The van der Waals surface area contributed by atoms with Crippen LogP contribution in [0.1, 0.15) is 0 Å². The summed E-state index contributed by atoms with van der Waals surface area (Å²) in [6, 6.07) is 0. The third-order valence-electron chi connectivity index (χ3n) is 0.